The van der Waals surface area contributed by atoms with Gasteiger partial charge in [0.2, 0.25) is 6.10 Å². The van der Waals surface area contributed by atoms with E-state index >= 15 is 0 Å². The fourth-order valence-electron chi connectivity index (χ4n) is 1.77. The third kappa shape index (κ3) is 4.38. The van der Waals surface area contributed by atoms with Gasteiger partial charge in [-0.3, -0.25) is 4.79 Å². The van der Waals surface area contributed by atoms with Crippen molar-refractivity contribution in [2.75, 3.05) is 0 Å². The Balaban J connectivity index is 2.35. The van der Waals surface area contributed by atoms with E-state index in [9.17, 15) is 4.79 Å². The molecule has 0 bridgehead atoms. The monoisotopic (exact) mass is 239 g/mol. The molecule has 1 aliphatic rings. The average molecular weight is 239 g/mol. The molecule has 0 aromatic rings. The summed E-state index contributed by atoms with van der Waals surface area (Å²) in [5.41, 5.74) is 0.938. The second kappa shape index (κ2) is 7.32. The number of carbonyl (C=O) groups excluding carboxylic acids is 1. The van der Waals surface area contributed by atoms with Crippen molar-refractivity contribution in [1.82, 2.24) is 5.32 Å². The van der Waals surface area contributed by atoms with Crippen LogP contribution in [0.5, 0.6) is 0 Å². The van der Waals surface area contributed by atoms with Crippen molar-refractivity contribution >= 4 is 19.1 Å². The standard InChI is InChI=1S/C11H20BN2O3/c1-3-5-8-7-9(17-14-8)11(15)13-10(12-16)6-4-2/h9-10,16H,3-7H2,1-2H3,(H,13,15)/t9?,10-/m0/s1. The van der Waals surface area contributed by atoms with Crippen LogP contribution in [0.1, 0.15) is 46.0 Å². The number of rotatable bonds is 7. The van der Waals surface area contributed by atoms with Crippen LogP contribution in [0.2, 0.25) is 0 Å². The number of hydrogen-bond acceptors (Lipinski definition) is 4. The van der Waals surface area contributed by atoms with E-state index in [4.69, 9.17) is 9.86 Å². The van der Waals surface area contributed by atoms with Crippen LogP contribution < -0.4 is 5.32 Å². The van der Waals surface area contributed by atoms with Crippen molar-refractivity contribution < 1.29 is 14.7 Å². The van der Waals surface area contributed by atoms with E-state index in [-0.39, 0.29) is 11.8 Å². The normalized spacial score (nSPS) is 20.4. The Morgan fingerprint density at radius 3 is 3.00 bits per heavy atom. The zero-order valence-corrected chi connectivity index (χ0v) is 10.5. The highest BCUT2D eigenvalue weighted by molar-refractivity contribution is 6.28. The lowest BCUT2D eigenvalue weighted by Gasteiger charge is -2.16. The first kappa shape index (κ1) is 14.0. The van der Waals surface area contributed by atoms with Crippen molar-refractivity contribution in [3.8, 4) is 0 Å². The minimum atomic E-state index is -0.532. The highest BCUT2D eigenvalue weighted by Gasteiger charge is 2.28. The zero-order valence-electron chi connectivity index (χ0n) is 10.5. The summed E-state index contributed by atoms with van der Waals surface area (Å²) in [5, 5.41) is 15.6. The van der Waals surface area contributed by atoms with Crippen LogP contribution in [0, 0.1) is 0 Å². The minimum absolute atomic E-state index is 0.205. The predicted octanol–water partition coefficient (Wildman–Crippen LogP) is 0.785. The van der Waals surface area contributed by atoms with Gasteiger partial charge in [-0.15, -0.1) is 0 Å². The first-order valence-electron chi connectivity index (χ1n) is 6.20. The SMILES string of the molecule is CCCC1=NOC(C(=O)N[C@H]([B]O)CCC)C1. The van der Waals surface area contributed by atoms with Gasteiger partial charge in [-0.2, -0.15) is 0 Å². The molecule has 95 valence electrons. The summed E-state index contributed by atoms with van der Waals surface area (Å²) in [6.07, 6.45) is 3.51. The minimum Gasteiger partial charge on any atom is -0.452 e. The molecule has 1 unspecified atom stereocenters. The van der Waals surface area contributed by atoms with Gasteiger partial charge in [-0.05, 0) is 12.8 Å². The largest absolute Gasteiger partial charge is 0.452 e. The second-order valence-corrected chi connectivity index (χ2v) is 4.26. The molecule has 6 heteroatoms. The van der Waals surface area contributed by atoms with E-state index in [1.54, 1.807) is 0 Å². The van der Waals surface area contributed by atoms with Crippen molar-refractivity contribution in [2.45, 2.75) is 58.0 Å². The Morgan fingerprint density at radius 2 is 2.41 bits per heavy atom. The quantitative estimate of drug-likeness (QED) is 0.645. The van der Waals surface area contributed by atoms with Crippen LogP contribution in [0.3, 0.4) is 0 Å². The summed E-state index contributed by atoms with van der Waals surface area (Å²) in [5.74, 6) is -0.505. The van der Waals surface area contributed by atoms with Gasteiger partial charge in [-0.25, -0.2) is 0 Å². The molecule has 0 saturated heterocycles. The van der Waals surface area contributed by atoms with Crippen LogP contribution in [0.25, 0.3) is 0 Å². The second-order valence-electron chi connectivity index (χ2n) is 4.26. The molecule has 0 aliphatic carbocycles. The van der Waals surface area contributed by atoms with Crippen LogP contribution in [0.4, 0.5) is 0 Å². The Labute approximate surface area is 103 Å². The maximum absolute atomic E-state index is 11.8. The van der Waals surface area contributed by atoms with E-state index in [0.29, 0.717) is 6.42 Å². The Kier molecular flexibility index (Phi) is 6.04. The highest BCUT2D eigenvalue weighted by Crippen LogP contribution is 2.14. The molecule has 2 N–H and O–H groups in total. The van der Waals surface area contributed by atoms with E-state index in [1.807, 2.05) is 6.92 Å². The van der Waals surface area contributed by atoms with Crippen LogP contribution in [0.15, 0.2) is 5.16 Å². The molecule has 1 amide bonds. The smallest absolute Gasteiger partial charge is 0.311 e. The predicted molar refractivity (Wildman–Crippen MR) is 66.6 cm³/mol. The molecule has 0 aromatic carbocycles. The van der Waals surface area contributed by atoms with Gasteiger partial charge in [0.05, 0.1) is 5.71 Å². The third-order valence-corrected chi connectivity index (χ3v) is 2.67. The van der Waals surface area contributed by atoms with Gasteiger partial charge in [-0.1, -0.05) is 31.8 Å². The molecule has 17 heavy (non-hydrogen) atoms. The van der Waals surface area contributed by atoms with Gasteiger partial charge in [0.1, 0.15) is 0 Å². The topological polar surface area (TPSA) is 70.9 Å². The lowest BCUT2D eigenvalue weighted by atomic mass is 9.84. The molecule has 1 rings (SSSR count). The summed E-state index contributed by atoms with van der Waals surface area (Å²) in [4.78, 5) is 16.9. The molecule has 2 atom stereocenters. The van der Waals surface area contributed by atoms with Crippen LogP contribution in [-0.4, -0.2) is 36.2 Å². The number of hydrogen-bond donors (Lipinski definition) is 2. The van der Waals surface area contributed by atoms with Gasteiger partial charge < -0.3 is 15.2 Å². The van der Waals surface area contributed by atoms with Gasteiger partial charge in [0.25, 0.3) is 5.91 Å². The summed E-state index contributed by atoms with van der Waals surface area (Å²) in [7, 11) is 1.02. The first-order chi connectivity index (χ1) is 8.21. The molecule has 0 saturated carbocycles. The maximum Gasteiger partial charge on any atom is 0.311 e. The number of nitrogens with zero attached hydrogens (tertiary/aromatic N) is 1. The average Bonchev–Trinajstić information content (AvgIpc) is 2.77. The highest BCUT2D eigenvalue weighted by atomic mass is 16.6. The Bertz CT molecular complexity index is 284. The van der Waals surface area contributed by atoms with Gasteiger partial charge in [0, 0.05) is 12.4 Å². The summed E-state index contributed by atoms with van der Waals surface area (Å²) >= 11 is 0. The lowest BCUT2D eigenvalue weighted by molar-refractivity contribution is -0.131. The number of carbonyl (C=O) groups is 1. The van der Waals surface area contributed by atoms with Crippen molar-refractivity contribution in [3.63, 3.8) is 0 Å². The van der Waals surface area contributed by atoms with E-state index in [0.717, 1.165) is 38.9 Å². The van der Waals surface area contributed by atoms with Crippen LogP contribution >= 0.6 is 0 Å². The van der Waals surface area contributed by atoms with E-state index in [2.05, 4.69) is 17.4 Å². The molecule has 1 heterocycles. The van der Waals surface area contributed by atoms with E-state index < -0.39 is 6.10 Å². The molecule has 0 spiro atoms. The summed E-state index contributed by atoms with van der Waals surface area (Å²) < 4.78 is 0. The first-order valence-corrected chi connectivity index (χ1v) is 6.20. The summed E-state index contributed by atoms with van der Waals surface area (Å²) in [6, 6.07) is 0. The fraction of sp³-hybridized carbons (Fsp3) is 0.818. The number of nitrogens with one attached hydrogen (secondary N) is 1. The van der Waals surface area contributed by atoms with Crippen molar-refractivity contribution in [1.29, 1.82) is 0 Å². The fourth-order valence-corrected chi connectivity index (χ4v) is 1.77. The van der Waals surface area contributed by atoms with Gasteiger partial charge >= 0.3 is 7.48 Å². The zero-order chi connectivity index (χ0) is 12.7. The van der Waals surface area contributed by atoms with Gasteiger partial charge in [0.15, 0.2) is 0 Å². The Morgan fingerprint density at radius 1 is 1.65 bits per heavy atom. The molecule has 5 nitrogen and oxygen atoms in total. The van der Waals surface area contributed by atoms with Crippen molar-refractivity contribution in [3.05, 3.63) is 0 Å². The molecular formula is C11H20BN2O3. The van der Waals surface area contributed by atoms with Crippen LogP contribution in [-0.2, 0) is 9.63 Å². The Hall–Kier alpha value is -1.04. The number of oxime groups is 1. The molecule has 0 aromatic heterocycles. The molecule has 1 aliphatic heterocycles. The maximum atomic E-state index is 11.8. The summed E-state index contributed by atoms with van der Waals surface area (Å²) in [6.45, 7) is 4.06. The number of amides is 1. The lowest BCUT2D eigenvalue weighted by Crippen LogP contribution is -2.44. The molecule has 1 radical (unpaired) electrons. The molecular weight excluding hydrogens is 219 g/mol. The van der Waals surface area contributed by atoms with Crippen molar-refractivity contribution in [2.24, 2.45) is 5.16 Å². The van der Waals surface area contributed by atoms with E-state index in [1.165, 1.54) is 0 Å². The molecule has 0 fully saturated rings. The third-order valence-electron chi connectivity index (χ3n) is 2.67.